The molecule has 1 aromatic rings. The smallest absolute Gasteiger partial charge is 0.258 e. The molecule has 4 heteroatoms. The van der Waals surface area contributed by atoms with Gasteiger partial charge in [0, 0.05) is 6.04 Å². The summed E-state index contributed by atoms with van der Waals surface area (Å²) in [5.41, 5.74) is 0.668. The van der Waals surface area contributed by atoms with Gasteiger partial charge in [0.15, 0.2) is 6.61 Å². The quantitative estimate of drug-likeness (QED) is 0.842. The maximum absolute atomic E-state index is 11.5. The van der Waals surface area contributed by atoms with Crippen molar-refractivity contribution in [2.75, 3.05) is 6.61 Å². The normalized spacial score (nSPS) is 15.1. The Bertz CT molecular complexity index is 388. The van der Waals surface area contributed by atoms with Crippen LogP contribution in [0.4, 0.5) is 0 Å². The van der Waals surface area contributed by atoms with Crippen molar-refractivity contribution < 1.29 is 14.6 Å². The van der Waals surface area contributed by atoms with E-state index in [0.717, 1.165) is 12.8 Å². The van der Waals surface area contributed by atoms with Gasteiger partial charge in [-0.15, -0.1) is 0 Å². The zero-order valence-electron chi connectivity index (χ0n) is 9.65. The maximum Gasteiger partial charge on any atom is 0.258 e. The number of hydrogen-bond donors (Lipinski definition) is 1. The molecule has 0 atom stereocenters. The van der Waals surface area contributed by atoms with Gasteiger partial charge in [0.25, 0.3) is 5.91 Å². The van der Waals surface area contributed by atoms with Crippen molar-refractivity contribution in [1.29, 1.82) is 0 Å². The van der Waals surface area contributed by atoms with E-state index in [1.807, 2.05) is 0 Å². The highest BCUT2D eigenvalue weighted by Gasteiger charge is 2.19. The lowest BCUT2D eigenvalue weighted by Crippen LogP contribution is -2.41. The molecule has 0 bridgehead atoms. The Kier molecular flexibility index (Phi) is 3.98. The fourth-order valence-electron chi connectivity index (χ4n) is 1.70. The van der Waals surface area contributed by atoms with Gasteiger partial charge in [-0.05, 0) is 37.0 Å². The second-order valence-electron chi connectivity index (χ2n) is 4.28. The highest BCUT2D eigenvalue weighted by Crippen LogP contribution is 2.18. The van der Waals surface area contributed by atoms with Crippen LogP contribution < -0.4 is 10.1 Å². The Morgan fingerprint density at radius 2 is 2.24 bits per heavy atom. The summed E-state index contributed by atoms with van der Waals surface area (Å²) in [5.74, 6) is 0.476. The van der Waals surface area contributed by atoms with Crippen molar-refractivity contribution in [3.63, 3.8) is 0 Å². The average molecular weight is 234 g/mol. The molecule has 0 unspecified atom stereocenters. The van der Waals surface area contributed by atoms with Crippen molar-refractivity contribution in [2.24, 2.45) is 0 Å². The van der Waals surface area contributed by atoms with E-state index in [0.29, 0.717) is 17.4 Å². The number of benzene rings is 1. The molecule has 1 N–H and O–H groups in total. The number of hydrogen-bond acceptors (Lipinski definition) is 2. The molecule has 1 saturated carbocycles. The molecular formula is C13H16NO3. The van der Waals surface area contributed by atoms with Crippen LogP contribution in [0.2, 0.25) is 0 Å². The molecule has 1 aliphatic rings. The summed E-state index contributed by atoms with van der Waals surface area (Å²) < 4.78 is 5.33. The van der Waals surface area contributed by atoms with E-state index >= 15 is 0 Å². The first-order valence-electron chi connectivity index (χ1n) is 5.87. The molecule has 17 heavy (non-hydrogen) atoms. The van der Waals surface area contributed by atoms with E-state index in [2.05, 4.69) is 5.32 Å². The lowest BCUT2D eigenvalue weighted by atomic mass is 9.93. The fourth-order valence-corrected chi connectivity index (χ4v) is 1.70. The largest absolute Gasteiger partial charge is 0.484 e. The number of rotatable bonds is 5. The first kappa shape index (κ1) is 11.9. The number of carbonyl (C=O) groups excluding carboxylic acids is 1. The molecule has 0 heterocycles. The molecule has 1 aliphatic carbocycles. The van der Waals surface area contributed by atoms with Crippen LogP contribution in [0.25, 0.3) is 0 Å². The third kappa shape index (κ3) is 3.46. The Labute approximate surface area is 101 Å². The van der Waals surface area contributed by atoms with Crippen LogP contribution in [0.1, 0.15) is 24.8 Å². The molecule has 91 valence electrons. The SMILES string of the molecule is [O]Cc1cccc(OCC(=O)NC2CCC2)c1. The lowest BCUT2D eigenvalue weighted by Gasteiger charge is -2.26. The number of amides is 1. The van der Waals surface area contributed by atoms with Crippen molar-refractivity contribution in [2.45, 2.75) is 31.9 Å². The third-order valence-electron chi connectivity index (χ3n) is 2.91. The summed E-state index contributed by atoms with van der Waals surface area (Å²) in [6, 6.07) is 7.25. The fraction of sp³-hybridized carbons (Fsp3) is 0.462. The maximum atomic E-state index is 11.5. The Balaban J connectivity index is 1.77. The number of ether oxygens (including phenoxy) is 1. The first-order valence-corrected chi connectivity index (χ1v) is 5.87. The minimum atomic E-state index is -0.272. The highest BCUT2D eigenvalue weighted by atomic mass is 16.5. The minimum absolute atomic E-state index is 0.0127. The zero-order valence-corrected chi connectivity index (χ0v) is 9.65. The monoisotopic (exact) mass is 234 g/mol. The van der Waals surface area contributed by atoms with Crippen LogP contribution in [0.15, 0.2) is 24.3 Å². The first-order chi connectivity index (χ1) is 8.28. The molecule has 0 spiro atoms. The molecule has 0 aromatic heterocycles. The summed E-state index contributed by atoms with van der Waals surface area (Å²) in [7, 11) is 0. The predicted octanol–water partition coefficient (Wildman–Crippen LogP) is 1.66. The lowest BCUT2D eigenvalue weighted by molar-refractivity contribution is -0.124. The van der Waals surface area contributed by atoms with E-state index in [1.54, 1.807) is 24.3 Å². The second kappa shape index (κ2) is 5.68. The van der Waals surface area contributed by atoms with Crippen LogP contribution in [0.5, 0.6) is 5.75 Å². The number of carbonyl (C=O) groups is 1. The van der Waals surface area contributed by atoms with Crippen molar-refractivity contribution >= 4 is 5.91 Å². The molecule has 1 amide bonds. The molecule has 1 aromatic carbocycles. The zero-order chi connectivity index (χ0) is 12.1. The van der Waals surface area contributed by atoms with Crippen LogP contribution in [-0.2, 0) is 16.5 Å². The topological polar surface area (TPSA) is 58.2 Å². The van der Waals surface area contributed by atoms with E-state index in [1.165, 1.54) is 6.42 Å². The van der Waals surface area contributed by atoms with E-state index in [-0.39, 0.29) is 19.1 Å². The average Bonchev–Trinajstić information content (AvgIpc) is 2.31. The molecule has 0 saturated heterocycles. The van der Waals surface area contributed by atoms with Gasteiger partial charge >= 0.3 is 0 Å². The Morgan fingerprint density at radius 3 is 2.88 bits per heavy atom. The van der Waals surface area contributed by atoms with Gasteiger partial charge in [-0.1, -0.05) is 12.1 Å². The molecule has 1 radical (unpaired) electrons. The predicted molar refractivity (Wildman–Crippen MR) is 62.1 cm³/mol. The summed E-state index contributed by atoms with van der Waals surface area (Å²) in [4.78, 5) is 11.5. The number of nitrogens with one attached hydrogen (secondary N) is 1. The van der Waals surface area contributed by atoms with E-state index < -0.39 is 0 Å². The van der Waals surface area contributed by atoms with E-state index in [9.17, 15) is 9.90 Å². The summed E-state index contributed by atoms with van der Waals surface area (Å²) >= 11 is 0. The van der Waals surface area contributed by atoms with Gasteiger partial charge in [-0.3, -0.25) is 4.79 Å². The van der Waals surface area contributed by atoms with Crippen LogP contribution in [0.3, 0.4) is 0 Å². The molecule has 2 rings (SSSR count). The Hall–Kier alpha value is -1.55. The summed E-state index contributed by atoms with van der Waals surface area (Å²) in [6.07, 6.45) is 3.33. The van der Waals surface area contributed by atoms with Gasteiger partial charge in [0.05, 0.1) is 0 Å². The Morgan fingerprint density at radius 1 is 1.41 bits per heavy atom. The van der Waals surface area contributed by atoms with Crippen molar-refractivity contribution in [3.05, 3.63) is 29.8 Å². The van der Waals surface area contributed by atoms with Gasteiger partial charge in [0.2, 0.25) is 0 Å². The van der Waals surface area contributed by atoms with Crippen molar-refractivity contribution in [3.8, 4) is 5.75 Å². The van der Waals surface area contributed by atoms with Crippen LogP contribution in [0, 0.1) is 0 Å². The van der Waals surface area contributed by atoms with Gasteiger partial charge in [0.1, 0.15) is 12.4 Å². The molecule has 1 fully saturated rings. The minimum Gasteiger partial charge on any atom is -0.484 e. The second-order valence-corrected chi connectivity index (χ2v) is 4.28. The third-order valence-corrected chi connectivity index (χ3v) is 2.91. The highest BCUT2D eigenvalue weighted by molar-refractivity contribution is 5.77. The van der Waals surface area contributed by atoms with Gasteiger partial charge in [-0.2, -0.15) is 0 Å². The molecule has 0 aliphatic heterocycles. The van der Waals surface area contributed by atoms with Crippen molar-refractivity contribution in [1.82, 2.24) is 5.32 Å². The standard InChI is InChI=1S/C13H16NO3/c15-8-10-3-1-6-12(7-10)17-9-13(16)14-11-4-2-5-11/h1,3,6-7,11H,2,4-5,8-9H2,(H,14,16). The van der Waals surface area contributed by atoms with E-state index in [4.69, 9.17) is 4.74 Å². The molecule has 4 nitrogen and oxygen atoms in total. The summed E-state index contributed by atoms with van der Waals surface area (Å²) in [6.45, 7) is -0.260. The van der Waals surface area contributed by atoms with Crippen LogP contribution in [-0.4, -0.2) is 18.6 Å². The summed E-state index contributed by atoms with van der Waals surface area (Å²) in [5, 5.41) is 13.6. The molecular weight excluding hydrogens is 218 g/mol. The van der Waals surface area contributed by atoms with Gasteiger partial charge < -0.3 is 10.1 Å². The van der Waals surface area contributed by atoms with Crippen LogP contribution >= 0.6 is 0 Å². The van der Waals surface area contributed by atoms with Gasteiger partial charge in [-0.25, -0.2) is 5.11 Å².